The minimum absolute atomic E-state index is 0.153. The van der Waals surface area contributed by atoms with Gasteiger partial charge < -0.3 is 5.11 Å². The molecule has 1 aromatic carbocycles. The van der Waals surface area contributed by atoms with Crippen LogP contribution in [0.1, 0.15) is 44.8 Å². The lowest BCUT2D eigenvalue weighted by Crippen LogP contribution is -2.00. The zero-order valence-corrected chi connectivity index (χ0v) is 11.9. The monoisotopic (exact) mass is 263 g/mol. The molecule has 0 radical (unpaired) electrons. The first-order chi connectivity index (χ1) is 8.71. The van der Waals surface area contributed by atoms with Gasteiger partial charge in [-0.3, -0.25) is 0 Å². The number of nitrogens with zero attached hydrogens (tertiary/aromatic N) is 1. The fraction of sp³-hybridized carbons (Fsp3) is 0.533. The lowest BCUT2D eigenvalue weighted by atomic mass is 10.1. The Hall–Kier alpha value is -0.980. The Bertz CT molecular complexity index is 396. The molecule has 0 aromatic heterocycles. The van der Waals surface area contributed by atoms with Crippen molar-refractivity contribution in [2.75, 3.05) is 5.75 Å². The molecule has 3 heteroatoms. The Morgan fingerprint density at radius 1 is 1.33 bits per heavy atom. The molecule has 1 atom stereocenters. The maximum Gasteiger partial charge on any atom is 0.0920 e. The summed E-state index contributed by atoms with van der Waals surface area (Å²) in [6.07, 6.45) is 1.91. The van der Waals surface area contributed by atoms with Crippen LogP contribution in [0.25, 0.3) is 0 Å². The average Bonchev–Trinajstić information content (AvgIpc) is 2.40. The summed E-state index contributed by atoms with van der Waals surface area (Å²) in [4.78, 5) is 1.18. The first kappa shape index (κ1) is 15.1. The minimum atomic E-state index is -0.663. The second-order valence-electron chi connectivity index (χ2n) is 4.44. The molecule has 98 valence electrons. The molecule has 1 N–H and O–H groups in total. The maximum atomic E-state index is 9.78. The molecule has 0 amide bonds. The van der Waals surface area contributed by atoms with E-state index in [1.807, 2.05) is 36.0 Å². The Kier molecular flexibility index (Phi) is 6.85. The van der Waals surface area contributed by atoms with Crippen LogP contribution in [0.2, 0.25) is 0 Å². The number of aliphatic hydroxyl groups is 1. The summed E-state index contributed by atoms with van der Waals surface area (Å²) in [6.45, 7) is 4.45. The highest BCUT2D eigenvalue weighted by atomic mass is 32.2. The highest BCUT2D eigenvalue weighted by molar-refractivity contribution is 7.99. The summed E-state index contributed by atoms with van der Waals surface area (Å²) in [5.41, 5.74) is 0.839. The van der Waals surface area contributed by atoms with Crippen LogP contribution in [-0.4, -0.2) is 10.9 Å². The average molecular weight is 263 g/mol. The molecule has 2 nitrogen and oxygen atoms in total. The van der Waals surface area contributed by atoms with E-state index >= 15 is 0 Å². The SMILES string of the molecule is CCC(CC)CSc1cccc(C(O)CC#N)c1. The van der Waals surface area contributed by atoms with Gasteiger partial charge in [-0.15, -0.1) is 11.8 Å². The third-order valence-electron chi connectivity index (χ3n) is 3.17. The molecule has 0 heterocycles. The van der Waals surface area contributed by atoms with Crippen molar-refractivity contribution in [1.82, 2.24) is 0 Å². The fourth-order valence-corrected chi connectivity index (χ4v) is 3.05. The Balaban J connectivity index is 2.62. The standard InChI is InChI=1S/C15H21NOS/c1-3-12(4-2)11-18-14-7-5-6-13(10-14)15(17)8-9-16/h5-7,10,12,15,17H,3-4,8,11H2,1-2H3. The summed E-state index contributed by atoms with van der Waals surface area (Å²) in [7, 11) is 0. The van der Waals surface area contributed by atoms with Crippen LogP contribution < -0.4 is 0 Å². The molecule has 0 spiro atoms. The number of aliphatic hydroxyl groups excluding tert-OH is 1. The zero-order chi connectivity index (χ0) is 13.4. The van der Waals surface area contributed by atoms with Crippen molar-refractivity contribution in [3.63, 3.8) is 0 Å². The van der Waals surface area contributed by atoms with Gasteiger partial charge in [-0.2, -0.15) is 5.26 Å². The van der Waals surface area contributed by atoms with Gasteiger partial charge in [0.1, 0.15) is 0 Å². The first-order valence-electron chi connectivity index (χ1n) is 6.49. The van der Waals surface area contributed by atoms with Gasteiger partial charge in [0.05, 0.1) is 18.6 Å². The number of hydrogen-bond acceptors (Lipinski definition) is 3. The normalized spacial score (nSPS) is 12.4. The topological polar surface area (TPSA) is 44.0 Å². The van der Waals surface area contributed by atoms with Gasteiger partial charge in [-0.05, 0) is 23.6 Å². The quantitative estimate of drug-likeness (QED) is 0.751. The van der Waals surface area contributed by atoms with Crippen LogP contribution in [-0.2, 0) is 0 Å². The van der Waals surface area contributed by atoms with Crippen molar-refractivity contribution in [1.29, 1.82) is 5.26 Å². The predicted octanol–water partition coefficient (Wildman–Crippen LogP) is 4.16. The highest BCUT2D eigenvalue weighted by Gasteiger charge is 2.09. The van der Waals surface area contributed by atoms with Gasteiger partial charge in [-0.25, -0.2) is 0 Å². The van der Waals surface area contributed by atoms with Crippen LogP contribution >= 0.6 is 11.8 Å². The Labute approximate surface area is 114 Å². The van der Waals surface area contributed by atoms with E-state index in [-0.39, 0.29) is 6.42 Å². The van der Waals surface area contributed by atoms with E-state index in [9.17, 15) is 5.11 Å². The summed E-state index contributed by atoms with van der Waals surface area (Å²) >= 11 is 1.83. The Morgan fingerprint density at radius 2 is 2.06 bits per heavy atom. The van der Waals surface area contributed by atoms with Gasteiger partial charge in [0.15, 0.2) is 0 Å². The third kappa shape index (κ3) is 4.72. The molecule has 0 saturated heterocycles. The molecular formula is C15H21NOS. The number of benzene rings is 1. The molecule has 1 aromatic rings. The molecule has 0 bridgehead atoms. The number of nitriles is 1. The molecule has 18 heavy (non-hydrogen) atoms. The summed E-state index contributed by atoms with van der Waals surface area (Å²) < 4.78 is 0. The van der Waals surface area contributed by atoms with Gasteiger partial charge in [0.2, 0.25) is 0 Å². The fourth-order valence-electron chi connectivity index (χ4n) is 1.75. The lowest BCUT2D eigenvalue weighted by Gasteiger charge is -2.13. The number of hydrogen-bond donors (Lipinski definition) is 1. The van der Waals surface area contributed by atoms with E-state index in [1.54, 1.807) is 0 Å². The summed E-state index contributed by atoms with van der Waals surface area (Å²) in [5, 5.41) is 18.4. The van der Waals surface area contributed by atoms with Crippen molar-refractivity contribution in [3.05, 3.63) is 29.8 Å². The van der Waals surface area contributed by atoms with Gasteiger partial charge in [-0.1, -0.05) is 38.8 Å². The highest BCUT2D eigenvalue weighted by Crippen LogP contribution is 2.26. The van der Waals surface area contributed by atoms with Crippen molar-refractivity contribution in [3.8, 4) is 6.07 Å². The third-order valence-corrected chi connectivity index (χ3v) is 4.39. The van der Waals surface area contributed by atoms with Gasteiger partial charge >= 0.3 is 0 Å². The van der Waals surface area contributed by atoms with Crippen LogP contribution in [0.5, 0.6) is 0 Å². The second kappa shape index (κ2) is 8.18. The number of rotatable bonds is 7. The van der Waals surface area contributed by atoms with Crippen LogP contribution in [0.3, 0.4) is 0 Å². The number of thioether (sulfide) groups is 1. The van der Waals surface area contributed by atoms with Crippen LogP contribution in [0.4, 0.5) is 0 Å². The molecule has 0 saturated carbocycles. The Morgan fingerprint density at radius 3 is 2.67 bits per heavy atom. The molecule has 1 unspecified atom stereocenters. The molecule has 0 aliphatic carbocycles. The van der Waals surface area contributed by atoms with E-state index < -0.39 is 6.10 Å². The van der Waals surface area contributed by atoms with E-state index in [0.29, 0.717) is 0 Å². The van der Waals surface area contributed by atoms with Crippen molar-refractivity contribution < 1.29 is 5.11 Å². The predicted molar refractivity (Wildman–Crippen MR) is 76.4 cm³/mol. The first-order valence-corrected chi connectivity index (χ1v) is 7.47. The molecule has 1 rings (SSSR count). The largest absolute Gasteiger partial charge is 0.387 e. The van der Waals surface area contributed by atoms with E-state index in [4.69, 9.17) is 5.26 Å². The van der Waals surface area contributed by atoms with Crippen molar-refractivity contribution >= 4 is 11.8 Å². The molecule has 0 aliphatic heterocycles. The maximum absolute atomic E-state index is 9.78. The summed E-state index contributed by atoms with van der Waals surface area (Å²) in [6, 6.07) is 9.89. The zero-order valence-electron chi connectivity index (χ0n) is 11.1. The van der Waals surface area contributed by atoms with Gasteiger partial charge in [0, 0.05) is 10.6 Å². The minimum Gasteiger partial charge on any atom is -0.387 e. The molecule has 0 aliphatic rings. The van der Waals surface area contributed by atoms with Crippen LogP contribution in [0.15, 0.2) is 29.2 Å². The lowest BCUT2D eigenvalue weighted by molar-refractivity contribution is 0.183. The van der Waals surface area contributed by atoms with E-state index in [2.05, 4.69) is 19.9 Å². The second-order valence-corrected chi connectivity index (χ2v) is 5.54. The van der Waals surface area contributed by atoms with Gasteiger partial charge in [0.25, 0.3) is 0 Å². The molecular weight excluding hydrogens is 242 g/mol. The molecule has 0 fully saturated rings. The van der Waals surface area contributed by atoms with Crippen molar-refractivity contribution in [2.24, 2.45) is 5.92 Å². The van der Waals surface area contributed by atoms with Crippen molar-refractivity contribution in [2.45, 2.75) is 44.1 Å². The van der Waals surface area contributed by atoms with Crippen LogP contribution in [0, 0.1) is 17.2 Å². The summed E-state index contributed by atoms with van der Waals surface area (Å²) in [5.74, 6) is 1.87. The van der Waals surface area contributed by atoms with E-state index in [1.165, 1.54) is 17.7 Å². The smallest absolute Gasteiger partial charge is 0.0920 e. The van der Waals surface area contributed by atoms with E-state index in [0.717, 1.165) is 17.2 Å².